The van der Waals surface area contributed by atoms with E-state index in [1.807, 2.05) is 12.1 Å². The van der Waals surface area contributed by atoms with Crippen LogP contribution in [0.4, 0.5) is 0 Å². The Morgan fingerprint density at radius 2 is 1.96 bits per heavy atom. The molecule has 0 unspecified atom stereocenters. The fourth-order valence-electron chi connectivity index (χ4n) is 2.64. The number of furan rings is 1. The topological polar surface area (TPSA) is 79.8 Å². The van der Waals surface area contributed by atoms with E-state index in [4.69, 9.17) is 21.8 Å². The van der Waals surface area contributed by atoms with Gasteiger partial charge < -0.3 is 20.0 Å². The molecular weight excluding hydrogens is 365 g/mol. The quantitative estimate of drug-likeness (QED) is 0.877. The molecule has 1 aliphatic heterocycles. The van der Waals surface area contributed by atoms with Crippen molar-refractivity contribution < 1.29 is 14.0 Å². The summed E-state index contributed by atoms with van der Waals surface area (Å²) in [5.41, 5.74) is 6.91. The molecule has 0 aliphatic carbocycles. The summed E-state index contributed by atoms with van der Waals surface area (Å²) >= 11 is 5.87. The molecule has 0 bridgehead atoms. The molecule has 6 nitrogen and oxygen atoms in total. The van der Waals surface area contributed by atoms with Gasteiger partial charge in [-0.25, -0.2) is 0 Å². The lowest BCUT2D eigenvalue weighted by molar-refractivity contribution is -0.135. The molecule has 1 aliphatic rings. The van der Waals surface area contributed by atoms with E-state index in [1.165, 1.54) is 11.2 Å². The van der Waals surface area contributed by atoms with Gasteiger partial charge in [0.1, 0.15) is 18.6 Å². The summed E-state index contributed by atoms with van der Waals surface area (Å²) in [5.74, 6) is 0.260. The zero-order valence-corrected chi connectivity index (χ0v) is 15.1. The Balaban J connectivity index is 0.00000225. The highest BCUT2D eigenvalue weighted by Crippen LogP contribution is 2.16. The minimum absolute atomic E-state index is 0. The largest absolute Gasteiger partial charge is 0.467 e. The average molecular weight is 384 g/mol. The van der Waals surface area contributed by atoms with Gasteiger partial charge in [0, 0.05) is 24.7 Å². The van der Waals surface area contributed by atoms with Crippen molar-refractivity contribution in [1.29, 1.82) is 0 Å². The molecule has 2 aromatic rings. The first-order chi connectivity index (χ1) is 11.6. The normalized spacial score (nSPS) is 14.4. The third kappa shape index (κ3) is 4.54. The molecule has 0 radical (unpaired) electrons. The fraction of sp³-hybridized carbons (Fsp3) is 0.294. The maximum Gasteiger partial charge on any atom is 0.257 e. The predicted molar refractivity (Wildman–Crippen MR) is 96.6 cm³/mol. The Labute approximate surface area is 156 Å². The molecule has 2 N–H and O–H groups in total. The van der Waals surface area contributed by atoms with Crippen molar-refractivity contribution in [2.45, 2.75) is 13.1 Å². The van der Waals surface area contributed by atoms with Gasteiger partial charge in [-0.1, -0.05) is 23.7 Å². The van der Waals surface area contributed by atoms with Crippen LogP contribution in [0.3, 0.4) is 0 Å². The van der Waals surface area contributed by atoms with Gasteiger partial charge in [0.25, 0.3) is 5.91 Å². The lowest BCUT2D eigenvalue weighted by Gasteiger charge is -2.34. The van der Waals surface area contributed by atoms with Gasteiger partial charge in [0.05, 0.1) is 12.1 Å². The number of rotatable bonds is 4. The molecule has 8 heteroatoms. The van der Waals surface area contributed by atoms with Crippen LogP contribution in [0.15, 0.2) is 41.0 Å². The summed E-state index contributed by atoms with van der Waals surface area (Å²) < 4.78 is 5.18. The average Bonchev–Trinajstić information content (AvgIpc) is 3.07. The number of hydrogen-bond donors (Lipinski definition) is 1. The van der Waals surface area contributed by atoms with Crippen molar-refractivity contribution in [3.63, 3.8) is 0 Å². The molecule has 2 amide bonds. The molecule has 0 saturated carbocycles. The van der Waals surface area contributed by atoms with Gasteiger partial charge in [0.2, 0.25) is 5.91 Å². The highest BCUT2D eigenvalue weighted by Gasteiger charge is 2.28. The number of carbonyl (C=O) groups is 2. The summed E-state index contributed by atoms with van der Waals surface area (Å²) in [6.07, 6.45) is 1.38. The number of amides is 2. The monoisotopic (exact) mass is 383 g/mol. The number of halogens is 2. The zero-order chi connectivity index (χ0) is 17.1. The van der Waals surface area contributed by atoms with Crippen molar-refractivity contribution in [3.8, 4) is 0 Å². The summed E-state index contributed by atoms with van der Waals surface area (Å²) in [7, 11) is 0. The molecule has 2 heterocycles. The summed E-state index contributed by atoms with van der Waals surface area (Å²) in [4.78, 5) is 28.0. The van der Waals surface area contributed by atoms with Crippen molar-refractivity contribution in [1.82, 2.24) is 9.80 Å². The third-order valence-electron chi connectivity index (χ3n) is 3.99. The number of hydrogen-bond acceptors (Lipinski definition) is 4. The predicted octanol–water partition coefficient (Wildman–Crippen LogP) is 2.30. The highest BCUT2D eigenvalue weighted by molar-refractivity contribution is 6.30. The molecule has 3 rings (SSSR count). The van der Waals surface area contributed by atoms with Gasteiger partial charge >= 0.3 is 0 Å². The van der Waals surface area contributed by atoms with Crippen LogP contribution in [-0.2, 0) is 17.9 Å². The van der Waals surface area contributed by atoms with Crippen LogP contribution in [0.25, 0.3) is 0 Å². The SMILES string of the molecule is Cl.NCc1cc(C(=O)N2CCN(Cc3ccc(Cl)cc3)C(=O)C2)co1. The van der Waals surface area contributed by atoms with E-state index < -0.39 is 0 Å². The standard InChI is InChI=1S/C17H18ClN3O3.ClH/c18-14-3-1-12(2-4-14)9-20-5-6-21(10-16(20)22)17(23)13-7-15(8-19)24-11-13;/h1-4,7,11H,5-6,8-10,19H2;1H. The Bertz CT molecular complexity index is 746. The first-order valence-electron chi connectivity index (χ1n) is 7.66. The Hall–Kier alpha value is -2.02. The lowest BCUT2D eigenvalue weighted by atomic mass is 10.2. The zero-order valence-electron chi connectivity index (χ0n) is 13.5. The van der Waals surface area contributed by atoms with Gasteiger partial charge in [-0.3, -0.25) is 9.59 Å². The van der Waals surface area contributed by atoms with Crippen molar-refractivity contribution in [2.24, 2.45) is 5.73 Å². The smallest absolute Gasteiger partial charge is 0.257 e. The van der Waals surface area contributed by atoms with E-state index in [2.05, 4.69) is 0 Å². The van der Waals surface area contributed by atoms with Gasteiger partial charge in [0.15, 0.2) is 0 Å². The van der Waals surface area contributed by atoms with Crippen LogP contribution >= 0.6 is 24.0 Å². The Morgan fingerprint density at radius 1 is 1.24 bits per heavy atom. The number of nitrogens with two attached hydrogens (primary N) is 1. The summed E-state index contributed by atoms with van der Waals surface area (Å²) in [6, 6.07) is 9.01. The first-order valence-corrected chi connectivity index (χ1v) is 8.03. The molecule has 1 saturated heterocycles. The minimum Gasteiger partial charge on any atom is -0.467 e. The molecule has 1 aromatic carbocycles. The Kier molecular flexibility index (Phi) is 6.47. The van der Waals surface area contributed by atoms with Crippen molar-refractivity contribution in [2.75, 3.05) is 19.6 Å². The van der Waals surface area contributed by atoms with Crippen molar-refractivity contribution >= 4 is 35.8 Å². The van der Waals surface area contributed by atoms with Crippen LogP contribution in [0.5, 0.6) is 0 Å². The van der Waals surface area contributed by atoms with Crippen LogP contribution in [-0.4, -0.2) is 41.2 Å². The maximum atomic E-state index is 12.4. The second-order valence-corrected chi connectivity index (χ2v) is 6.11. The Morgan fingerprint density at radius 3 is 2.56 bits per heavy atom. The van der Waals surface area contributed by atoms with E-state index in [0.29, 0.717) is 36.0 Å². The molecule has 0 atom stereocenters. The molecular formula is C17H19Cl2N3O3. The molecule has 134 valence electrons. The van der Waals surface area contributed by atoms with Crippen LogP contribution in [0.1, 0.15) is 21.7 Å². The number of nitrogens with zero attached hydrogens (tertiary/aromatic N) is 2. The maximum absolute atomic E-state index is 12.4. The molecule has 1 aromatic heterocycles. The summed E-state index contributed by atoms with van der Waals surface area (Å²) in [6.45, 7) is 1.80. The first kappa shape index (κ1) is 19.3. The number of piperazine rings is 1. The lowest BCUT2D eigenvalue weighted by Crippen LogP contribution is -2.51. The van der Waals surface area contributed by atoms with E-state index >= 15 is 0 Å². The van der Waals surface area contributed by atoms with Gasteiger partial charge in [-0.15, -0.1) is 12.4 Å². The van der Waals surface area contributed by atoms with Crippen molar-refractivity contribution in [3.05, 3.63) is 58.5 Å². The van der Waals surface area contributed by atoms with Gasteiger partial charge in [-0.05, 0) is 23.8 Å². The number of benzene rings is 1. The van der Waals surface area contributed by atoms with E-state index in [-0.39, 0.29) is 37.3 Å². The van der Waals surface area contributed by atoms with Gasteiger partial charge in [-0.2, -0.15) is 0 Å². The van der Waals surface area contributed by atoms with E-state index in [9.17, 15) is 9.59 Å². The fourth-order valence-corrected chi connectivity index (χ4v) is 2.77. The van der Waals surface area contributed by atoms with Crippen LogP contribution in [0.2, 0.25) is 5.02 Å². The molecule has 0 spiro atoms. The molecule has 1 fully saturated rings. The second kappa shape index (κ2) is 8.38. The second-order valence-electron chi connectivity index (χ2n) is 5.67. The minimum atomic E-state index is -0.210. The summed E-state index contributed by atoms with van der Waals surface area (Å²) in [5, 5.41) is 0.664. The van der Waals surface area contributed by atoms with Crippen LogP contribution < -0.4 is 5.73 Å². The van der Waals surface area contributed by atoms with E-state index in [1.54, 1.807) is 23.1 Å². The van der Waals surface area contributed by atoms with E-state index in [0.717, 1.165) is 5.56 Å². The molecule has 25 heavy (non-hydrogen) atoms. The third-order valence-corrected chi connectivity index (χ3v) is 4.25. The van der Waals surface area contributed by atoms with Crippen LogP contribution in [0, 0.1) is 0 Å². The number of carbonyl (C=O) groups excluding carboxylic acids is 2. The highest BCUT2D eigenvalue weighted by atomic mass is 35.5.